The summed E-state index contributed by atoms with van der Waals surface area (Å²) in [5, 5.41) is 12.5. The van der Waals surface area contributed by atoms with E-state index in [2.05, 4.69) is 5.32 Å². The van der Waals surface area contributed by atoms with Crippen LogP contribution in [0.2, 0.25) is 0 Å². The van der Waals surface area contributed by atoms with Gasteiger partial charge < -0.3 is 15.3 Å². The lowest BCUT2D eigenvalue weighted by atomic mass is 9.82. The number of para-hydroxylation sites is 1. The number of fused-ring (bicyclic) bond motifs is 2. The average molecular weight is 396 g/mol. The zero-order chi connectivity index (χ0) is 20.5. The lowest BCUT2D eigenvalue weighted by Gasteiger charge is -2.32. The van der Waals surface area contributed by atoms with Crippen molar-refractivity contribution in [2.75, 3.05) is 12.4 Å². The molecule has 0 aliphatic heterocycles. The van der Waals surface area contributed by atoms with Crippen LogP contribution in [0.3, 0.4) is 0 Å². The topological polar surface area (TPSA) is 86.7 Å². The lowest BCUT2D eigenvalue weighted by Crippen LogP contribution is -2.39. The van der Waals surface area contributed by atoms with Gasteiger partial charge in [0.1, 0.15) is 0 Å². The van der Waals surface area contributed by atoms with Crippen molar-refractivity contribution < 1.29 is 19.5 Å². The molecule has 0 heterocycles. The van der Waals surface area contributed by atoms with Crippen molar-refractivity contribution in [2.45, 2.75) is 44.6 Å². The van der Waals surface area contributed by atoms with Crippen LogP contribution in [0.4, 0.5) is 5.69 Å². The molecule has 0 saturated heterocycles. The van der Waals surface area contributed by atoms with Crippen molar-refractivity contribution in [2.24, 2.45) is 23.7 Å². The first-order valence-electron chi connectivity index (χ1n) is 10.6. The van der Waals surface area contributed by atoms with E-state index >= 15 is 0 Å². The first-order valence-corrected chi connectivity index (χ1v) is 10.6. The Hall–Kier alpha value is -2.63. The summed E-state index contributed by atoms with van der Waals surface area (Å²) in [4.78, 5) is 39.7. The summed E-state index contributed by atoms with van der Waals surface area (Å²) in [6, 6.07) is 7.25. The molecule has 0 aromatic heterocycles. The van der Waals surface area contributed by atoms with Crippen LogP contribution in [0.15, 0.2) is 36.4 Å². The van der Waals surface area contributed by atoms with Crippen molar-refractivity contribution in [3.8, 4) is 0 Å². The maximum atomic E-state index is 13.1. The van der Waals surface area contributed by atoms with Gasteiger partial charge in [-0.15, -0.1) is 0 Å². The number of hydrogen-bond donors (Lipinski definition) is 2. The number of nitrogens with zero attached hydrogens (tertiary/aromatic N) is 1. The summed E-state index contributed by atoms with van der Waals surface area (Å²) >= 11 is 0. The fourth-order valence-corrected chi connectivity index (χ4v) is 5.34. The Morgan fingerprint density at radius 1 is 1.00 bits per heavy atom. The van der Waals surface area contributed by atoms with Crippen LogP contribution in [0.1, 0.15) is 48.9 Å². The maximum absolute atomic E-state index is 13.1. The normalized spacial score (nSPS) is 28.3. The van der Waals surface area contributed by atoms with Gasteiger partial charge >= 0.3 is 5.97 Å². The average Bonchev–Trinajstić information content (AvgIpc) is 3.35. The first-order chi connectivity index (χ1) is 14.0. The number of carboxylic acid groups (broad SMARTS) is 1. The summed E-state index contributed by atoms with van der Waals surface area (Å²) in [7, 11) is 1.83. The van der Waals surface area contributed by atoms with Crippen LogP contribution < -0.4 is 5.32 Å². The number of benzene rings is 1. The predicted octanol–water partition coefficient (Wildman–Crippen LogP) is 3.55. The van der Waals surface area contributed by atoms with E-state index in [0.29, 0.717) is 17.7 Å². The number of carbonyl (C=O) groups is 3. The summed E-state index contributed by atoms with van der Waals surface area (Å²) in [5.74, 6) is -2.76. The first kappa shape index (κ1) is 19.7. The van der Waals surface area contributed by atoms with Crippen molar-refractivity contribution in [1.29, 1.82) is 0 Å². The third-order valence-electron chi connectivity index (χ3n) is 6.91. The quantitative estimate of drug-likeness (QED) is 0.745. The van der Waals surface area contributed by atoms with Gasteiger partial charge in [-0.2, -0.15) is 0 Å². The lowest BCUT2D eigenvalue weighted by molar-refractivity contribution is -0.146. The molecule has 0 spiro atoms. The van der Waals surface area contributed by atoms with Gasteiger partial charge in [0.05, 0.1) is 23.1 Å². The van der Waals surface area contributed by atoms with Crippen LogP contribution in [0.5, 0.6) is 0 Å². The maximum Gasteiger partial charge on any atom is 0.307 e. The number of carboxylic acids is 1. The molecule has 1 aromatic rings. The monoisotopic (exact) mass is 396 g/mol. The highest BCUT2D eigenvalue weighted by Crippen LogP contribution is 2.48. The molecule has 2 N–H and O–H groups in total. The van der Waals surface area contributed by atoms with Gasteiger partial charge in [-0.05, 0) is 43.2 Å². The van der Waals surface area contributed by atoms with Gasteiger partial charge in [-0.3, -0.25) is 14.4 Å². The minimum absolute atomic E-state index is 0.0473. The van der Waals surface area contributed by atoms with E-state index in [4.69, 9.17) is 0 Å². The molecule has 2 bridgehead atoms. The molecule has 2 fully saturated rings. The SMILES string of the molecule is CN(C(=O)c1ccccc1NC(=O)C1C2C=CC(C2)C1C(=O)O)C1CCCCC1. The molecular weight excluding hydrogens is 368 g/mol. The number of aliphatic carboxylic acids is 1. The third kappa shape index (κ3) is 3.68. The third-order valence-corrected chi connectivity index (χ3v) is 6.91. The van der Waals surface area contributed by atoms with E-state index in [0.717, 1.165) is 25.7 Å². The van der Waals surface area contributed by atoms with Gasteiger partial charge in [-0.25, -0.2) is 0 Å². The van der Waals surface area contributed by atoms with Gasteiger partial charge in [0, 0.05) is 13.1 Å². The molecule has 6 heteroatoms. The molecule has 1 aromatic carbocycles. The van der Waals surface area contributed by atoms with Gasteiger partial charge in [0.2, 0.25) is 5.91 Å². The van der Waals surface area contributed by atoms with Crippen LogP contribution in [0, 0.1) is 23.7 Å². The van der Waals surface area contributed by atoms with Gasteiger partial charge in [-0.1, -0.05) is 43.5 Å². The Morgan fingerprint density at radius 3 is 2.34 bits per heavy atom. The zero-order valence-corrected chi connectivity index (χ0v) is 16.7. The molecule has 3 aliphatic carbocycles. The largest absolute Gasteiger partial charge is 0.481 e. The molecule has 154 valence electrons. The number of amides is 2. The molecule has 0 radical (unpaired) electrons. The zero-order valence-electron chi connectivity index (χ0n) is 16.7. The molecular formula is C23H28N2O4. The number of hydrogen-bond acceptors (Lipinski definition) is 3. The second-order valence-electron chi connectivity index (χ2n) is 8.58. The van der Waals surface area contributed by atoms with Crippen molar-refractivity contribution in [3.63, 3.8) is 0 Å². The Morgan fingerprint density at radius 2 is 1.66 bits per heavy atom. The number of anilines is 1. The Labute approximate surface area is 171 Å². The van der Waals surface area contributed by atoms with Crippen LogP contribution in [0.25, 0.3) is 0 Å². The number of rotatable bonds is 5. The minimum atomic E-state index is -0.927. The number of carbonyl (C=O) groups excluding carboxylic acids is 2. The molecule has 29 heavy (non-hydrogen) atoms. The van der Waals surface area contributed by atoms with Crippen LogP contribution in [-0.4, -0.2) is 40.9 Å². The predicted molar refractivity (Wildman–Crippen MR) is 109 cm³/mol. The fourth-order valence-electron chi connectivity index (χ4n) is 5.34. The molecule has 2 amide bonds. The summed E-state index contributed by atoms with van der Waals surface area (Å²) in [6.45, 7) is 0. The standard InChI is InChI=1S/C23H28N2O4/c1-25(16-7-3-2-4-8-16)22(27)17-9-5-6-10-18(17)24-21(26)19-14-11-12-15(13-14)20(19)23(28)29/h5-6,9-12,14-16,19-20H,2-4,7-8,13H2,1H3,(H,24,26)(H,28,29). The Balaban J connectivity index is 1.52. The molecule has 4 atom stereocenters. The summed E-state index contributed by atoms with van der Waals surface area (Å²) < 4.78 is 0. The van der Waals surface area contributed by atoms with E-state index in [-0.39, 0.29) is 29.7 Å². The van der Waals surface area contributed by atoms with E-state index < -0.39 is 17.8 Å². The smallest absolute Gasteiger partial charge is 0.307 e. The van der Waals surface area contributed by atoms with E-state index in [1.165, 1.54) is 6.42 Å². The Bertz CT molecular complexity index is 843. The Kier molecular flexibility index (Phi) is 5.43. The highest BCUT2D eigenvalue weighted by atomic mass is 16.4. The fraction of sp³-hybridized carbons (Fsp3) is 0.522. The minimum Gasteiger partial charge on any atom is -0.481 e. The molecule has 6 nitrogen and oxygen atoms in total. The van der Waals surface area contributed by atoms with Crippen molar-refractivity contribution in [3.05, 3.63) is 42.0 Å². The molecule has 4 rings (SSSR count). The van der Waals surface area contributed by atoms with Crippen molar-refractivity contribution in [1.82, 2.24) is 4.90 Å². The second kappa shape index (κ2) is 8.01. The van der Waals surface area contributed by atoms with Crippen LogP contribution in [-0.2, 0) is 9.59 Å². The van der Waals surface area contributed by atoms with E-state index in [1.807, 2.05) is 19.2 Å². The number of allylic oxidation sites excluding steroid dienone is 2. The van der Waals surface area contributed by atoms with Gasteiger partial charge in [0.25, 0.3) is 5.91 Å². The highest BCUT2D eigenvalue weighted by molar-refractivity contribution is 6.05. The second-order valence-corrected chi connectivity index (χ2v) is 8.58. The summed E-state index contributed by atoms with van der Waals surface area (Å²) in [5.41, 5.74) is 0.917. The van der Waals surface area contributed by atoms with E-state index in [1.54, 1.807) is 29.2 Å². The van der Waals surface area contributed by atoms with Gasteiger partial charge in [0.15, 0.2) is 0 Å². The summed E-state index contributed by atoms with van der Waals surface area (Å²) in [6.07, 6.45) is 10.1. The molecule has 3 aliphatic rings. The van der Waals surface area contributed by atoms with E-state index in [9.17, 15) is 19.5 Å². The molecule has 4 unspecified atom stereocenters. The van der Waals surface area contributed by atoms with Crippen molar-refractivity contribution >= 4 is 23.5 Å². The number of nitrogens with one attached hydrogen (secondary N) is 1. The molecule has 2 saturated carbocycles. The van der Waals surface area contributed by atoms with Crippen LogP contribution >= 0.6 is 0 Å². The highest BCUT2D eigenvalue weighted by Gasteiger charge is 2.51.